The minimum absolute atomic E-state index is 0. The number of hydrogen-bond donors (Lipinski definition) is 2. The van der Waals surface area contributed by atoms with Crippen molar-refractivity contribution in [2.45, 2.75) is 31.7 Å². The van der Waals surface area contributed by atoms with Crippen molar-refractivity contribution in [3.8, 4) is 0 Å². The summed E-state index contributed by atoms with van der Waals surface area (Å²) < 4.78 is 0.892. The number of pyridine rings is 1. The molecule has 0 saturated heterocycles. The van der Waals surface area contributed by atoms with E-state index in [9.17, 15) is 4.79 Å². The summed E-state index contributed by atoms with van der Waals surface area (Å²) in [5, 5.41) is 2.82. The summed E-state index contributed by atoms with van der Waals surface area (Å²) in [6.07, 6.45) is 6.61. The molecule has 1 heterocycles. The number of nitrogens with zero attached hydrogens (tertiary/aromatic N) is 1. The molecule has 2 fully saturated rings. The number of aromatic nitrogens is 1. The number of carbonyl (C=O) groups excluding carboxylic acids is 1. The van der Waals surface area contributed by atoms with Crippen molar-refractivity contribution < 1.29 is 4.79 Å². The fraction of sp³-hybridized carbons (Fsp3) is 0.571. The lowest BCUT2D eigenvalue weighted by molar-refractivity contribution is -0.118. The predicted molar refractivity (Wildman–Crippen MR) is 84.7 cm³/mol. The van der Waals surface area contributed by atoms with Crippen LogP contribution in [0.5, 0.6) is 0 Å². The Morgan fingerprint density at radius 2 is 1.90 bits per heavy atom. The van der Waals surface area contributed by atoms with Crippen LogP contribution in [-0.4, -0.2) is 16.9 Å². The molecule has 0 bridgehead atoms. The molecule has 6 heteroatoms. The van der Waals surface area contributed by atoms with Gasteiger partial charge in [-0.2, -0.15) is 0 Å². The summed E-state index contributed by atoms with van der Waals surface area (Å²) in [7, 11) is 0. The monoisotopic (exact) mass is 359 g/mol. The summed E-state index contributed by atoms with van der Waals surface area (Å²) >= 11 is 3.32. The summed E-state index contributed by atoms with van der Waals surface area (Å²) in [6.45, 7) is 0. The van der Waals surface area contributed by atoms with Crippen LogP contribution in [0, 0.1) is 17.8 Å². The number of nitrogens with one attached hydrogen (secondary N) is 1. The van der Waals surface area contributed by atoms with Crippen LogP contribution in [-0.2, 0) is 4.79 Å². The smallest absolute Gasteiger partial charge is 0.242 e. The van der Waals surface area contributed by atoms with E-state index < -0.39 is 6.04 Å². The standard InChI is InChI=1S/C14H18BrN3O.ClH/c15-10-5-6-11(17-7-10)18-14(19)13(16)12(8-1-2-8)9-3-4-9;/h5-9,12-13H,1-4,16H2,(H,17,18,19);1H. The van der Waals surface area contributed by atoms with Crippen molar-refractivity contribution in [2.24, 2.45) is 23.5 Å². The molecule has 1 amide bonds. The van der Waals surface area contributed by atoms with Gasteiger partial charge in [0, 0.05) is 10.7 Å². The van der Waals surface area contributed by atoms with Gasteiger partial charge in [0.2, 0.25) is 5.91 Å². The Morgan fingerprint density at radius 1 is 1.30 bits per heavy atom. The van der Waals surface area contributed by atoms with E-state index in [0.717, 1.165) is 4.47 Å². The van der Waals surface area contributed by atoms with E-state index in [-0.39, 0.29) is 18.3 Å². The van der Waals surface area contributed by atoms with Crippen LogP contribution < -0.4 is 11.1 Å². The first-order valence-electron chi connectivity index (χ1n) is 6.83. The molecule has 4 nitrogen and oxygen atoms in total. The molecule has 2 aliphatic rings. The van der Waals surface area contributed by atoms with Gasteiger partial charge in [0.15, 0.2) is 0 Å². The Balaban J connectivity index is 0.00000147. The lowest BCUT2D eigenvalue weighted by Gasteiger charge is -2.22. The van der Waals surface area contributed by atoms with E-state index in [0.29, 0.717) is 23.6 Å². The number of rotatable bonds is 5. The van der Waals surface area contributed by atoms with Gasteiger partial charge in [-0.05, 0) is 71.5 Å². The third-order valence-electron chi connectivity index (χ3n) is 4.03. The van der Waals surface area contributed by atoms with Crippen molar-refractivity contribution in [3.05, 3.63) is 22.8 Å². The molecule has 3 N–H and O–H groups in total. The topological polar surface area (TPSA) is 68.0 Å². The average molecular weight is 361 g/mol. The maximum absolute atomic E-state index is 12.2. The van der Waals surface area contributed by atoms with E-state index in [4.69, 9.17) is 5.73 Å². The van der Waals surface area contributed by atoms with Crippen molar-refractivity contribution >= 4 is 40.1 Å². The van der Waals surface area contributed by atoms with Gasteiger partial charge >= 0.3 is 0 Å². The molecule has 1 unspecified atom stereocenters. The number of hydrogen-bond acceptors (Lipinski definition) is 3. The molecule has 1 aromatic heterocycles. The summed E-state index contributed by atoms with van der Waals surface area (Å²) in [6, 6.07) is 3.23. The number of amides is 1. The number of halogens is 2. The Kier molecular flexibility index (Phi) is 5.04. The minimum Gasteiger partial charge on any atom is -0.320 e. The second-order valence-corrected chi connectivity index (χ2v) is 6.54. The zero-order valence-corrected chi connectivity index (χ0v) is 13.5. The molecule has 2 saturated carbocycles. The normalized spacial score (nSPS) is 19.4. The first kappa shape index (κ1) is 15.7. The van der Waals surface area contributed by atoms with Gasteiger partial charge in [0.1, 0.15) is 5.82 Å². The van der Waals surface area contributed by atoms with Crippen molar-refractivity contribution in [2.75, 3.05) is 5.32 Å². The first-order chi connectivity index (χ1) is 9.15. The fourth-order valence-corrected chi connectivity index (χ4v) is 3.00. The highest BCUT2D eigenvalue weighted by Gasteiger charge is 2.46. The van der Waals surface area contributed by atoms with E-state index in [1.54, 1.807) is 12.3 Å². The van der Waals surface area contributed by atoms with E-state index >= 15 is 0 Å². The third-order valence-corrected chi connectivity index (χ3v) is 4.50. The van der Waals surface area contributed by atoms with E-state index in [1.165, 1.54) is 25.7 Å². The molecule has 0 spiro atoms. The van der Waals surface area contributed by atoms with Crippen molar-refractivity contribution in [3.63, 3.8) is 0 Å². The first-order valence-corrected chi connectivity index (χ1v) is 7.62. The lowest BCUT2D eigenvalue weighted by Crippen LogP contribution is -2.43. The molecule has 1 aromatic rings. The number of anilines is 1. The number of nitrogens with two attached hydrogens (primary N) is 1. The molecule has 3 rings (SSSR count). The van der Waals surface area contributed by atoms with Crippen LogP contribution in [0.2, 0.25) is 0 Å². The van der Waals surface area contributed by atoms with Gasteiger partial charge in [-0.15, -0.1) is 12.4 Å². The maximum atomic E-state index is 12.2. The average Bonchev–Trinajstić information content (AvgIpc) is 3.25. The van der Waals surface area contributed by atoms with Gasteiger partial charge in [-0.3, -0.25) is 4.79 Å². The van der Waals surface area contributed by atoms with Crippen LogP contribution in [0.15, 0.2) is 22.8 Å². The molecule has 2 aliphatic carbocycles. The summed E-state index contributed by atoms with van der Waals surface area (Å²) in [4.78, 5) is 16.4. The summed E-state index contributed by atoms with van der Waals surface area (Å²) in [5.74, 6) is 2.18. The van der Waals surface area contributed by atoms with Crippen LogP contribution in [0.3, 0.4) is 0 Å². The maximum Gasteiger partial charge on any atom is 0.242 e. The van der Waals surface area contributed by atoms with Crippen molar-refractivity contribution in [1.29, 1.82) is 0 Å². The van der Waals surface area contributed by atoms with E-state index in [1.807, 2.05) is 6.07 Å². The van der Waals surface area contributed by atoms with Gasteiger partial charge in [0.05, 0.1) is 6.04 Å². The van der Waals surface area contributed by atoms with Crippen molar-refractivity contribution in [1.82, 2.24) is 4.98 Å². The molecule has 0 aromatic carbocycles. The molecule has 0 aliphatic heterocycles. The molecular formula is C14H19BrClN3O. The second-order valence-electron chi connectivity index (χ2n) is 5.63. The Morgan fingerprint density at radius 3 is 2.35 bits per heavy atom. The Labute approximate surface area is 133 Å². The molecule has 1 atom stereocenters. The van der Waals surface area contributed by atoms with Gasteiger partial charge in [-0.25, -0.2) is 4.98 Å². The molecular weight excluding hydrogens is 342 g/mol. The second kappa shape index (κ2) is 6.41. The van der Waals surface area contributed by atoms with Gasteiger partial charge in [0.25, 0.3) is 0 Å². The fourth-order valence-electron chi connectivity index (χ4n) is 2.77. The molecule has 20 heavy (non-hydrogen) atoms. The zero-order valence-electron chi connectivity index (χ0n) is 11.1. The van der Waals surface area contributed by atoms with Crippen LogP contribution >= 0.6 is 28.3 Å². The van der Waals surface area contributed by atoms with Gasteiger partial charge < -0.3 is 11.1 Å². The highest BCUT2D eigenvalue weighted by Crippen LogP contribution is 2.50. The molecule has 110 valence electrons. The highest BCUT2D eigenvalue weighted by molar-refractivity contribution is 9.10. The van der Waals surface area contributed by atoms with E-state index in [2.05, 4.69) is 26.2 Å². The Bertz CT molecular complexity index is 462. The molecule has 0 radical (unpaired) electrons. The lowest BCUT2D eigenvalue weighted by atomic mass is 9.89. The number of carbonyl (C=O) groups is 1. The highest BCUT2D eigenvalue weighted by atomic mass is 79.9. The van der Waals surface area contributed by atoms with Crippen LogP contribution in [0.4, 0.5) is 5.82 Å². The predicted octanol–water partition coefficient (Wildman–Crippen LogP) is 2.97. The minimum atomic E-state index is -0.398. The summed E-state index contributed by atoms with van der Waals surface area (Å²) in [5.41, 5.74) is 6.17. The van der Waals surface area contributed by atoms with Crippen LogP contribution in [0.25, 0.3) is 0 Å². The zero-order chi connectivity index (χ0) is 13.4. The Hall–Kier alpha value is -0.650. The van der Waals surface area contributed by atoms with Gasteiger partial charge in [-0.1, -0.05) is 0 Å². The largest absolute Gasteiger partial charge is 0.320 e. The quantitative estimate of drug-likeness (QED) is 0.848. The van der Waals surface area contributed by atoms with Crippen LogP contribution in [0.1, 0.15) is 25.7 Å². The third kappa shape index (κ3) is 3.71. The SMILES string of the molecule is Cl.NC(C(=O)Nc1ccc(Br)cn1)C(C1CC1)C1CC1.